The molecular formula is C24H27ClN4O5S. The lowest BCUT2D eigenvalue weighted by Crippen LogP contribution is -2.48. The number of hydrogen-bond donors (Lipinski definition) is 3. The van der Waals surface area contributed by atoms with E-state index < -0.39 is 16.1 Å². The van der Waals surface area contributed by atoms with Crippen molar-refractivity contribution in [2.45, 2.75) is 43.0 Å². The first-order valence-electron chi connectivity index (χ1n) is 11.2. The number of rotatable bonds is 8. The average molecular weight is 519 g/mol. The van der Waals surface area contributed by atoms with Crippen LogP contribution in [0.15, 0.2) is 47.4 Å². The first kappa shape index (κ1) is 26.3. The van der Waals surface area contributed by atoms with E-state index in [4.69, 9.17) is 16.3 Å². The molecule has 2 aromatic carbocycles. The lowest BCUT2D eigenvalue weighted by molar-refractivity contribution is 0.0951. The minimum atomic E-state index is -4.07. The Kier molecular flexibility index (Phi) is 8.95. The number of methoxy groups -OCH3 is 1. The van der Waals surface area contributed by atoms with Gasteiger partial charge in [0.25, 0.3) is 15.9 Å². The summed E-state index contributed by atoms with van der Waals surface area (Å²) >= 11 is 5.97. The van der Waals surface area contributed by atoms with E-state index in [0.717, 1.165) is 18.4 Å². The van der Waals surface area contributed by atoms with Gasteiger partial charge in [-0.3, -0.25) is 4.79 Å². The largest absolute Gasteiger partial charge is 0.496 e. The van der Waals surface area contributed by atoms with Crippen LogP contribution in [0.4, 0.5) is 4.79 Å². The van der Waals surface area contributed by atoms with Crippen LogP contribution >= 0.6 is 11.6 Å². The minimum Gasteiger partial charge on any atom is -0.496 e. The van der Waals surface area contributed by atoms with Crippen LogP contribution in [-0.4, -0.2) is 40.1 Å². The van der Waals surface area contributed by atoms with E-state index in [1.165, 1.54) is 25.3 Å². The predicted molar refractivity (Wildman–Crippen MR) is 131 cm³/mol. The van der Waals surface area contributed by atoms with Crippen molar-refractivity contribution < 1.29 is 22.7 Å². The van der Waals surface area contributed by atoms with Crippen molar-refractivity contribution in [3.05, 3.63) is 58.6 Å². The molecule has 2 aromatic rings. The number of amides is 3. The van der Waals surface area contributed by atoms with Gasteiger partial charge in [0.2, 0.25) is 0 Å². The molecule has 11 heteroatoms. The lowest BCUT2D eigenvalue weighted by Gasteiger charge is -2.27. The van der Waals surface area contributed by atoms with Crippen LogP contribution in [0.1, 0.15) is 41.6 Å². The highest BCUT2D eigenvalue weighted by Gasteiger charge is 2.28. The zero-order valence-electron chi connectivity index (χ0n) is 19.2. The lowest BCUT2D eigenvalue weighted by atomic mass is 9.85. The molecule has 0 heterocycles. The molecule has 2 atom stereocenters. The Balaban J connectivity index is 1.53. The molecule has 0 spiro atoms. The smallest absolute Gasteiger partial charge is 0.328 e. The fourth-order valence-corrected chi connectivity index (χ4v) is 5.03. The van der Waals surface area contributed by atoms with Crippen LogP contribution in [0.25, 0.3) is 0 Å². The Hall–Kier alpha value is -3.29. The molecule has 1 saturated carbocycles. The first-order chi connectivity index (χ1) is 16.7. The number of sulfonamides is 1. The molecule has 0 aliphatic heterocycles. The number of benzene rings is 2. The van der Waals surface area contributed by atoms with Gasteiger partial charge in [-0.15, -0.1) is 0 Å². The van der Waals surface area contributed by atoms with E-state index in [9.17, 15) is 23.3 Å². The third-order valence-corrected chi connectivity index (χ3v) is 7.40. The van der Waals surface area contributed by atoms with E-state index in [1.54, 1.807) is 24.3 Å². The number of hydrogen-bond acceptors (Lipinski definition) is 6. The summed E-state index contributed by atoms with van der Waals surface area (Å²) in [5.74, 6) is -0.253. The molecule has 9 nitrogen and oxygen atoms in total. The number of halogens is 1. The fourth-order valence-electron chi connectivity index (χ4n) is 3.95. The number of carbonyl (C=O) groups excluding carboxylic acids is 2. The Morgan fingerprint density at radius 2 is 1.86 bits per heavy atom. The van der Waals surface area contributed by atoms with Crippen molar-refractivity contribution in [1.82, 2.24) is 15.4 Å². The molecule has 0 radical (unpaired) electrons. The fraction of sp³-hybridized carbons (Fsp3) is 0.375. The molecule has 0 aromatic heterocycles. The van der Waals surface area contributed by atoms with Gasteiger partial charge in [0.15, 0.2) is 0 Å². The van der Waals surface area contributed by atoms with E-state index >= 15 is 0 Å². The second-order valence-electron chi connectivity index (χ2n) is 8.20. The van der Waals surface area contributed by atoms with Crippen LogP contribution in [-0.2, 0) is 16.4 Å². The van der Waals surface area contributed by atoms with Gasteiger partial charge in [0.1, 0.15) is 5.75 Å². The van der Waals surface area contributed by atoms with E-state index in [1.807, 2.05) is 4.72 Å². The third kappa shape index (κ3) is 7.10. The van der Waals surface area contributed by atoms with Crippen LogP contribution in [0.5, 0.6) is 5.75 Å². The molecule has 0 saturated heterocycles. The summed E-state index contributed by atoms with van der Waals surface area (Å²) in [6.45, 7) is 0.308. The number of urea groups is 1. The van der Waals surface area contributed by atoms with Gasteiger partial charge in [-0.05, 0) is 55.2 Å². The molecule has 1 fully saturated rings. The Morgan fingerprint density at radius 1 is 1.14 bits per heavy atom. The van der Waals surface area contributed by atoms with Crippen LogP contribution in [0, 0.1) is 17.2 Å². The number of nitrogens with one attached hydrogen (secondary N) is 3. The average Bonchev–Trinajstić information content (AvgIpc) is 2.84. The summed E-state index contributed by atoms with van der Waals surface area (Å²) in [6.07, 6.45) is 3.58. The van der Waals surface area contributed by atoms with E-state index in [-0.39, 0.29) is 22.8 Å². The van der Waals surface area contributed by atoms with Gasteiger partial charge in [0.05, 0.1) is 29.6 Å². The summed E-state index contributed by atoms with van der Waals surface area (Å²) in [6, 6.07) is 11.7. The Bertz CT molecular complexity index is 1210. The molecule has 1 aliphatic carbocycles. The second-order valence-corrected chi connectivity index (χ2v) is 10.3. The highest BCUT2D eigenvalue weighted by atomic mass is 35.5. The topological polar surface area (TPSA) is 137 Å². The summed E-state index contributed by atoms with van der Waals surface area (Å²) in [5.41, 5.74) is 1.12. The van der Waals surface area contributed by atoms with Crippen molar-refractivity contribution in [2.24, 2.45) is 5.92 Å². The van der Waals surface area contributed by atoms with Crippen LogP contribution in [0.2, 0.25) is 5.02 Å². The van der Waals surface area contributed by atoms with Gasteiger partial charge in [-0.1, -0.05) is 36.6 Å². The Morgan fingerprint density at radius 3 is 2.54 bits per heavy atom. The second kappa shape index (κ2) is 11.9. The maximum absolute atomic E-state index is 12.6. The van der Waals surface area contributed by atoms with Crippen molar-refractivity contribution in [3.8, 4) is 11.8 Å². The molecule has 3 N–H and O–H groups in total. The SMILES string of the molecule is COc1ccc(Cl)cc1C(=O)NCCc1ccc(S(=O)(=O)NC(=O)N[C@@H]2CCCC[C@H]2C#N)cc1. The van der Waals surface area contributed by atoms with Gasteiger partial charge < -0.3 is 15.4 Å². The van der Waals surface area contributed by atoms with Crippen LogP contribution < -0.4 is 20.1 Å². The molecule has 35 heavy (non-hydrogen) atoms. The number of ether oxygens (including phenoxy) is 1. The standard InChI is InChI=1S/C24H27ClN4O5S/c1-34-22-11-8-18(25)14-20(22)23(30)27-13-12-16-6-9-19(10-7-16)35(32,33)29-24(31)28-21-5-3-2-4-17(21)15-26/h6-11,14,17,21H,2-5,12-13H2,1H3,(H,27,30)(H2,28,29,31)/t17-,21+/m0/s1. The number of nitrogens with zero attached hydrogens (tertiary/aromatic N) is 1. The zero-order chi connectivity index (χ0) is 25.4. The number of carbonyl (C=O) groups is 2. The van der Waals surface area contributed by atoms with Crippen LogP contribution in [0.3, 0.4) is 0 Å². The summed E-state index contributed by atoms with van der Waals surface area (Å²) < 4.78 is 32.4. The predicted octanol–water partition coefficient (Wildman–Crippen LogP) is 3.39. The molecule has 3 rings (SSSR count). The summed E-state index contributed by atoms with van der Waals surface area (Å²) in [4.78, 5) is 24.6. The quantitative estimate of drug-likeness (QED) is 0.489. The van der Waals surface area contributed by atoms with Crippen molar-refractivity contribution in [1.29, 1.82) is 5.26 Å². The molecule has 186 valence electrons. The molecule has 3 amide bonds. The molecular weight excluding hydrogens is 492 g/mol. The molecule has 0 unspecified atom stereocenters. The van der Waals surface area contributed by atoms with E-state index in [0.29, 0.717) is 42.1 Å². The normalized spacial score (nSPS) is 17.6. The highest BCUT2D eigenvalue weighted by molar-refractivity contribution is 7.90. The van der Waals surface area contributed by atoms with Gasteiger partial charge in [-0.25, -0.2) is 17.9 Å². The van der Waals surface area contributed by atoms with Crippen molar-refractivity contribution >= 4 is 33.6 Å². The minimum absolute atomic E-state index is 0.0652. The first-order valence-corrected chi connectivity index (χ1v) is 13.0. The summed E-state index contributed by atoms with van der Waals surface area (Å²) in [7, 11) is -2.61. The monoisotopic (exact) mass is 518 g/mol. The highest BCUT2D eigenvalue weighted by Crippen LogP contribution is 2.24. The van der Waals surface area contributed by atoms with Crippen molar-refractivity contribution in [2.75, 3.05) is 13.7 Å². The van der Waals surface area contributed by atoms with Gasteiger partial charge in [-0.2, -0.15) is 5.26 Å². The van der Waals surface area contributed by atoms with Crippen molar-refractivity contribution in [3.63, 3.8) is 0 Å². The van der Waals surface area contributed by atoms with Gasteiger partial charge >= 0.3 is 6.03 Å². The maximum Gasteiger partial charge on any atom is 0.328 e. The summed E-state index contributed by atoms with van der Waals surface area (Å²) in [5, 5.41) is 15.0. The molecule has 1 aliphatic rings. The van der Waals surface area contributed by atoms with E-state index in [2.05, 4.69) is 16.7 Å². The van der Waals surface area contributed by atoms with Gasteiger partial charge in [0, 0.05) is 17.6 Å². The molecule has 0 bridgehead atoms. The third-order valence-electron chi connectivity index (χ3n) is 5.81. The maximum atomic E-state index is 12.6. The zero-order valence-corrected chi connectivity index (χ0v) is 20.8. The number of nitriles is 1. The Labute approximate surface area is 209 Å².